The number of hydrogen-bond acceptors (Lipinski definition) is 4. The van der Waals surface area contributed by atoms with E-state index in [1.165, 1.54) is 5.56 Å². The number of nitrogens with zero attached hydrogens (tertiary/aromatic N) is 3. The van der Waals surface area contributed by atoms with E-state index in [-0.39, 0.29) is 5.91 Å². The SMILES string of the molecule is O=C(CCc1ccccc1)N1CCN(c2nc(Br)cs2)CC1. The highest BCUT2D eigenvalue weighted by Crippen LogP contribution is 2.24. The van der Waals surface area contributed by atoms with E-state index in [1.54, 1.807) is 11.3 Å². The van der Waals surface area contributed by atoms with Gasteiger partial charge in [0.1, 0.15) is 4.60 Å². The van der Waals surface area contributed by atoms with Gasteiger partial charge in [0.25, 0.3) is 0 Å². The molecule has 116 valence electrons. The number of rotatable bonds is 4. The zero-order chi connectivity index (χ0) is 15.4. The maximum atomic E-state index is 12.3. The summed E-state index contributed by atoms with van der Waals surface area (Å²) in [4.78, 5) is 21.0. The van der Waals surface area contributed by atoms with Crippen LogP contribution in [0.1, 0.15) is 12.0 Å². The van der Waals surface area contributed by atoms with Gasteiger partial charge in [0.2, 0.25) is 5.91 Å². The largest absolute Gasteiger partial charge is 0.345 e. The van der Waals surface area contributed by atoms with Gasteiger partial charge in [-0.15, -0.1) is 11.3 Å². The molecule has 0 unspecified atom stereocenters. The second-order valence-corrected chi connectivity index (χ2v) is 6.96. The summed E-state index contributed by atoms with van der Waals surface area (Å²) in [5, 5.41) is 3.02. The Hall–Kier alpha value is -1.40. The predicted molar refractivity (Wildman–Crippen MR) is 93.4 cm³/mol. The molecular formula is C16H18BrN3OS. The van der Waals surface area contributed by atoms with E-state index in [1.807, 2.05) is 28.5 Å². The highest BCUT2D eigenvalue weighted by atomic mass is 79.9. The molecule has 4 nitrogen and oxygen atoms in total. The first-order chi connectivity index (χ1) is 10.7. The van der Waals surface area contributed by atoms with Crippen molar-refractivity contribution >= 4 is 38.3 Å². The van der Waals surface area contributed by atoms with Gasteiger partial charge in [0.15, 0.2) is 5.13 Å². The average Bonchev–Trinajstić information content (AvgIpc) is 3.00. The Morgan fingerprint density at radius 3 is 2.55 bits per heavy atom. The van der Waals surface area contributed by atoms with Gasteiger partial charge in [0, 0.05) is 38.0 Å². The third-order valence-corrected chi connectivity index (χ3v) is 5.45. The number of carbonyl (C=O) groups is 1. The topological polar surface area (TPSA) is 36.4 Å². The lowest BCUT2D eigenvalue weighted by Gasteiger charge is -2.34. The minimum Gasteiger partial charge on any atom is -0.345 e. The van der Waals surface area contributed by atoms with E-state index in [9.17, 15) is 4.79 Å². The lowest BCUT2D eigenvalue weighted by Crippen LogP contribution is -2.48. The molecule has 3 rings (SSSR count). The molecule has 2 heterocycles. The van der Waals surface area contributed by atoms with Crippen molar-refractivity contribution in [2.24, 2.45) is 0 Å². The zero-order valence-corrected chi connectivity index (χ0v) is 14.6. The minimum absolute atomic E-state index is 0.254. The summed E-state index contributed by atoms with van der Waals surface area (Å²) in [6, 6.07) is 10.2. The van der Waals surface area contributed by atoms with Gasteiger partial charge in [-0.25, -0.2) is 4.98 Å². The van der Waals surface area contributed by atoms with Crippen LogP contribution >= 0.6 is 27.3 Å². The Morgan fingerprint density at radius 2 is 1.91 bits per heavy atom. The number of thiazole rings is 1. The van der Waals surface area contributed by atoms with Crippen LogP contribution in [0.3, 0.4) is 0 Å². The van der Waals surface area contributed by atoms with Crippen LogP contribution in [0.4, 0.5) is 5.13 Å². The number of aryl methyl sites for hydroxylation is 1. The molecule has 0 aliphatic carbocycles. The first-order valence-corrected chi connectivity index (χ1v) is 9.07. The van der Waals surface area contributed by atoms with Crippen LogP contribution in [0.5, 0.6) is 0 Å². The maximum absolute atomic E-state index is 12.3. The lowest BCUT2D eigenvalue weighted by molar-refractivity contribution is -0.131. The number of benzene rings is 1. The molecule has 1 aliphatic heterocycles. The Morgan fingerprint density at radius 1 is 1.18 bits per heavy atom. The molecule has 0 radical (unpaired) electrons. The van der Waals surface area contributed by atoms with Gasteiger partial charge >= 0.3 is 0 Å². The van der Waals surface area contributed by atoms with Crippen molar-refractivity contribution in [1.29, 1.82) is 0 Å². The molecule has 1 fully saturated rings. The lowest BCUT2D eigenvalue weighted by atomic mass is 10.1. The normalized spacial score (nSPS) is 15.1. The van der Waals surface area contributed by atoms with Crippen molar-refractivity contribution < 1.29 is 4.79 Å². The first-order valence-electron chi connectivity index (χ1n) is 7.40. The Bertz CT molecular complexity index is 623. The van der Waals surface area contributed by atoms with Gasteiger partial charge in [-0.3, -0.25) is 4.79 Å². The summed E-state index contributed by atoms with van der Waals surface area (Å²) in [6.07, 6.45) is 1.41. The summed E-state index contributed by atoms with van der Waals surface area (Å²) in [6.45, 7) is 3.28. The number of aromatic nitrogens is 1. The molecule has 0 atom stereocenters. The van der Waals surface area contributed by atoms with Crippen LogP contribution in [-0.4, -0.2) is 42.0 Å². The smallest absolute Gasteiger partial charge is 0.223 e. The van der Waals surface area contributed by atoms with E-state index in [0.717, 1.165) is 42.3 Å². The molecule has 0 spiro atoms. The first kappa shape index (κ1) is 15.5. The molecule has 6 heteroatoms. The number of anilines is 1. The van der Waals surface area contributed by atoms with Gasteiger partial charge < -0.3 is 9.80 Å². The molecule has 2 aromatic rings. The van der Waals surface area contributed by atoms with Crippen LogP contribution in [0.2, 0.25) is 0 Å². The summed E-state index contributed by atoms with van der Waals surface area (Å²) in [5.74, 6) is 0.254. The second kappa shape index (κ2) is 7.24. The second-order valence-electron chi connectivity index (χ2n) is 5.31. The van der Waals surface area contributed by atoms with Crippen LogP contribution in [-0.2, 0) is 11.2 Å². The third kappa shape index (κ3) is 3.87. The third-order valence-electron chi connectivity index (χ3n) is 3.84. The van der Waals surface area contributed by atoms with Gasteiger partial charge in [-0.1, -0.05) is 30.3 Å². The number of hydrogen-bond donors (Lipinski definition) is 0. The molecule has 1 aromatic carbocycles. The van der Waals surface area contributed by atoms with E-state index in [4.69, 9.17) is 0 Å². The van der Waals surface area contributed by atoms with Gasteiger partial charge in [0.05, 0.1) is 0 Å². The summed E-state index contributed by atoms with van der Waals surface area (Å²) in [7, 11) is 0. The van der Waals surface area contributed by atoms with Crippen LogP contribution < -0.4 is 4.90 Å². The number of piperazine rings is 1. The van der Waals surface area contributed by atoms with Crippen LogP contribution in [0.25, 0.3) is 0 Å². The van der Waals surface area contributed by atoms with E-state index in [2.05, 4.69) is 37.9 Å². The summed E-state index contributed by atoms with van der Waals surface area (Å²) < 4.78 is 0.883. The molecule has 0 bridgehead atoms. The molecule has 22 heavy (non-hydrogen) atoms. The summed E-state index contributed by atoms with van der Waals surface area (Å²) in [5.41, 5.74) is 1.22. The fourth-order valence-electron chi connectivity index (χ4n) is 2.59. The molecule has 1 saturated heterocycles. The molecule has 1 aliphatic rings. The molecular weight excluding hydrogens is 362 g/mol. The standard InChI is InChI=1S/C16H18BrN3OS/c17-14-12-22-16(18-14)20-10-8-19(9-11-20)15(21)7-6-13-4-2-1-3-5-13/h1-5,12H,6-11H2. The quantitative estimate of drug-likeness (QED) is 0.818. The van der Waals surface area contributed by atoms with E-state index < -0.39 is 0 Å². The fourth-order valence-corrected chi connectivity index (χ4v) is 3.90. The maximum Gasteiger partial charge on any atom is 0.223 e. The van der Waals surface area contributed by atoms with Crippen molar-refractivity contribution in [3.63, 3.8) is 0 Å². The minimum atomic E-state index is 0.254. The average molecular weight is 380 g/mol. The van der Waals surface area contributed by atoms with Crippen molar-refractivity contribution in [3.05, 3.63) is 45.9 Å². The summed E-state index contributed by atoms with van der Waals surface area (Å²) >= 11 is 5.02. The number of carbonyl (C=O) groups excluding carboxylic acids is 1. The predicted octanol–water partition coefficient (Wildman–Crippen LogP) is 3.19. The van der Waals surface area contributed by atoms with E-state index >= 15 is 0 Å². The highest BCUT2D eigenvalue weighted by molar-refractivity contribution is 9.10. The Labute approximate surface area is 142 Å². The Kier molecular flexibility index (Phi) is 5.10. The number of halogens is 1. The number of amides is 1. The van der Waals surface area contributed by atoms with Crippen LogP contribution in [0, 0.1) is 0 Å². The van der Waals surface area contributed by atoms with Crippen molar-refractivity contribution in [2.45, 2.75) is 12.8 Å². The molecule has 0 saturated carbocycles. The Balaban J connectivity index is 1.47. The van der Waals surface area contributed by atoms with Crippen molar-refractivity contribution in [3.8, 4) is 0 Å². The van der Waals surface area contributed by atoms with Crippen molar-refractivity contribution in [1.82, 2.24) is 9.88 Å². The van der Waals surface area contributed by atoms with Crippen molar-refractivity contribution in [2.75, 3.05) is 31.1 Å². The monoisotopic (exact) mass is 379 g/mol. The molecule has 0 N–H and O–H groups in total. The molecule has 1 amide bonds. The van der Waals surface area contributed by atoms with Gasteiger partial charge in [-0.2, -0.15) is 0 Å². The van der Waals surface area contributed by atoms with Crippen LogP contribution in [0.15, 0.2) is 40.3 Å². The zero-order valence-electron chi connectivity index (χ0n) is 12.2. The molecule has 1 aromatic heterocycles. The highest BCUT2D eigenvalue weighted by Gasteiger charge is 2.22. The fraction of sp³-hybridized carbons (Fsp3) is 0.375. The van der Waals surface area contributed by atoms with E-state index in [0.29, 0.717) is 6.42 Å². The van der Waals surface area contributed by atoms with Gasteiger partial charge in [-0.05, 0) is 27.9 Å².